The van der Waals surface area contributed by atoms with Crippen LogP contribution in [0.3, 0.4) is 0 Å². The van der Waals surface area contributed by atoms with Crippen LogP contribution in [-0.4, -0.2) is 40.8 Å². The lowest BCUT2D eigenvalue weighted by molar-refractivity contribution is -0.121. The molecule has 0 atom stereocenters. The maximum Gasteiger partial charge on any atom is 0.402 e. The van der Waals surface area contributed by atoms with Crippen LogP contribution in [0.2, 0.25) is 0 Å². The normalized spacial score (nSPS) is 11.9. The standard InChI is InChI=1S/C19H21F3N2O5S/c1-3-29-11-14-10-13(4-9-17(14)28-2)18(25)24-15-5-7-16(8-6-15)30(26,27)23-12-19(20,21)22/h4-10,23H,3,11-12H2,1-2H3,(H,24,25). The molecule has 7 nitrogen and oxygen atoms in total. The van der Waals surface area contributed by atoms with Gasteiger partial charge >= 0.3 is 6.18 Å². The van der Waals surface area contributed by atoms with Gasteiger partial charge in [-0.1, -0.05) is 0 Å². The van der Waals surface area contributed by atoms with Crippen molar-refractivity contribution in [2.24, 2.45) is 0 Å². The smallest absolute Gasteiger partial charge is 0.402 e. The molecule has 0 unspecified atom stereocenters. The van der Waals surface area contributed by atoms with Gasteiger partial charge in [-0.2, -0.15) is 13.2 Å². The van der Waals surface area contributed by atoms with Crippen LogP contribution in [-0.2, 0) is 21.4 Å². The minimum Gasteiger partial charge on any atom is -0.496 e. The summed E-state index contributed by atoms with van der Waals surface area (Å²) in [5.74, 6) is 0.113. The Labute approximate surface area is 172 Å². The molecule has 0 radical (unpaired) electrons. The monoisotopic (exact) mass is 446 g/mol. The third-order valence-corrected chi connectivity index (χ3v) is 5.31. The predicted molar refractivity (Wildman–Crippen MR) is 104 cm³/mol. The summed E-state index contributed by atoms with van der Waals surface area (Å²) >= 11 is 0. The number of anilines is 1. The Kier molecular flexibility index (Phi) is 7.82. The molecular weight excluding hydrogens is 425 g/mol. The Morgan fingerprint density at radius 3 is 2.33 bits per heavy atom. The van der Waals surface area contributed by atoms with E-state index < -0.39 is 28.7 Å². The molecule has 1 amide bonds. The molecule has 0 aromatic heterocycles. The van der Waals surface area contributed by atoms with Gasteiger partial charge in [0.15, 0.2) is 0 Å². The number of ether oxygens (including phenoxy) is 2. The highest BCUT2D eigenvalue weighted by molar-refractivity contribution is 7.89. The number of methoxy groups -OCH3 is 1. The Morgan fingerprint density at radius 1 is 1.10 bits per heavy atom. The van der Waals surface area contributed by atoms with Crippen molar-refractivity contribution in [1.29, 1.82) is 0 Å². The van der Waals surface area contributed by atoms with Crippen molar-refractivity contribution in [3.8, 4) is 5.75 Å². The summed E-state index contributed by atoms with van der Waals surface area (Å²) in [6, 6.07) is 9.57. The van der Waals surface area contributed by atoms with Crippen molar-refractivity contribution in [1.82, 2.24) is 4.72 Å². The fourth-order valence-corrected chi connectivity index (χ4v) is 3.44. The largest absolute Gasteiger partial charge is 0.496 e. The molecule has 0 spiro atoms. The van der Waals surface area contributed by atoms with Crippen LogP contribution < -0.4 is 14.8 Å². The Balaban J connectivity index is 2.11. The number of nitrogens with one attached hydrogen (secondary N) is 2. The van der Waals surface area contributed by atoms with E-state index >= 15 is 0 Å². The van der Waals surface area contributed by atoms with E-state index in [1.807, 2.05) is 6.92 Å². The van der Waals surface area contributed by atoms with Crippen molar-refractivity contribution in [2.45, 2.75) is 24.6 Å². The maximum absolute atomic E-state index is 12.5. The number of amides is 1. The van der Waals surface area contributed by atoms with Gasteiger partial charge in [0.05, 0.1) is 18.6 Å². The summed E-state index contributed by atoms with van der Waals surface area (Å²) in [6.07, 6.45) is -4.67. The average Bonchev–Trinajstić information content (AvgIpc) is 2.70. The van der Waals surface area contributed by atoms with Gasteiger partial charge in [0, 0.05) is 23.4 Å². The first-order valence-electron chi connectivity index (χ1n) is 8.78. The molecule has 0 aliphatic carbocycles. The van der Waals surface area contributed by atoms with Gasteiger partial charge in [0.2, 0.25) is 10.0 Å². The zero-order chi connectivity index (χ0) is 22.4. The molecule has 0 bridgehead atoms. The first-order chi connectivity index (χ1) is 14.1. The number of hydrogen-bond acceptors (Lipinski definition) is 5. The third-order valence-electron chi connectivity index (χ3n) is 3.89. The summed E-state index contributed by atoms with van der Waals surface area (Å²) in [6.45, 7) is 0.922. The number of hydrogen-bond donors (Lipinski definition) is 2. The molecule has 11 heteroatoms. The van der Waals surface area contributed by atoms with E-state index in [4.69, 9.17) is 9.47 Å². The van der Waals surface area contributed by atoms with Crippen LogP contribution in [0.5, 0.6) is 5.75 Å². The lowest BCUT2D eigenvalue weighted by Gasteiger charge is -2.12. The molecule has 0 aliphatic rings. The number of halogens is 3. The Hall–Kier alpha value is -2.63. The van der Waals surface area contributed by atoms with Crippen LogP contribution in [0, 0.1) is 0 Å². The fraction of sp³-hybridized carbons (Fsp3) is 0.316. The van der Waals surface area contributed by atoms with E-state index in [2.05, 4.69) is 5.32 Å². The zero-order valence-electron chi connectivity index (χ0n) is 16.2. The highest BCUT2D eigenvalue weighted by Gasteiger charge is 2.30. The maximum atomic E-state index is 12.5. The Bertz CT molecular complexity index is 977. The number of carbonyl (C=O) groups excluding carboxylic acids is 1. The zero-order valence-corrected chi connectivity index (χ0v) is 17.1. The second kappa shape index (κ2) is 9.92. The van der Waals surface area contributed by atoms with Crippen LogP contribution >= 0.6 is 0 Å². The van der Waals surface area contributed by atoms with Crippen molar-refractivity contribution >= 4 is 21.6 Å². The van der Waals surface area contributed by atoms with E-state index in [0.717, 1.165) is 12.1 Å². The molecule has 0 saturated heterocycles. The van der Waals surface area contributed by atoms with Gasteiger partial charge in [-0.25, -0.2) is 13.1 Å². The minimum absolute atomic E-state index is 0.262. The molecule has 0 saturated carbocycles. The predicted octanol–water partition coefficient (Wildman–Crippen LogP) is 3.32. The van der Waals surface area contributed by atoms with Crippen molar-refractivity contribution in [2.75, 3.05) is 25.6 Å². The third kappa shape index (κ3) is 6.71. The van der Waals surface area contributed by atoms with Gasteiger partial charge in [-0.3, -0.25) is 4.79 Å². The molecule has 2 rings (SSSR count). The van der Waals surface area contributed by atoms with E-state index in [1.54, 1.807) is 18.2 Å². The van der Waals surface area contributed by atoms with Crippen molar-refractivity contribution in [3.63, 3.8) is 0 Å². The molecule has 0 aliphatic heterocycles. The molecule has 164 valence electrons. The minimum atomic E-state index is -4.67. The molecule has 2 N–H and O–H groups in total. The van der Waals surface area contributed by atoms with Gasteiger partial charge in [-0.05, 0) is 49.4 Å². The highest BCUT2D eigenvalue weighted by atomic mass is 32.2. The second-order valence-electron chi connectivity index (χ2n) is 6.08. The van der Waals surface area contributed by atoms with Gasteiger partial charge in [0.1, 0.15) is 12.3 Å². The molecule has 2 aromatic rings. The Morgan fingerprint density at radius 2 is 1.77 bits per heavy atom. The summed E-state index contributed by atoms with van der Waals surface area (Å²) in [7, 11) is -2.82. The van der Waals surface area contributed by atoms with Gasteiger partial charge < -0.3 is 14.8 Å². The molecule has 0 fully saturated rings. The van der Waals surface area contributed by atoms with Crippen LogP contribution in [0.15, 0.2) is 47.4 Å². The van der Waals surface area contributed by atoms with E-state index in [1.165, 1.54) is 24.0 Å². The number of rotatable bonds is 9. The SMILES string of the molecule is CCOCc1cc(C(=O)Nc2ccc(S(=O)(=O)NCC(F)(F)F)cc2)ccc1OC. The van der Waals surface area contributed by atoms with E-state index in [0.29, 0.717) is 23.5 Å². The van der Waals surface area contributed by atoms with Crippen molar-refractivity contribution < 1.29 is 35.9 Å². The first kappa shape index (κ1) is 23.6. The summed E-state index contributed by atoms with van der Waals surface area (Å²) in [4.78, 5) is 12.1. The topological polar surface area (TPSA) is 93.7 Å². The molecule has 2 aromatic carbocycles. The van der Waals surface area contributed by atoms with Crippen LogP contribution in [0.4, 0.5) is 18.9 Å². The first-order valence-corrected chi connectivity index (χ1v) is 10.3. The van der Waals surface area contributed by atoms with Crippen LogP contribution in [0.1, 0.15) is 22.8 Å². The second-order valence-corrected chi connectivity index (χ2v) is 7.85. The number of carbonyl (C=O) groups is 1. The molecule has 30 heavy (non-hydrogen) atoms. The number of benzene rings is 2. The highest BCUT2D eigenvalue weighted by Crippen LogP contribution is 2.22. The van der Waals surface area contributed by atoms with Crippen molar-refractivity contribution in [3.05, 3.63) is 53.6 Å². The lowest BCUT2D eigenvalue weighted by atomic mass is 10.1. The summed E-state index contributed by atoms with van der Waals surface area (Å²) in [5.41, 5.74) is 1.29. The summed E-state index contributed by atoms with van der Waals surface area (Å²) < 4.78 is 72.5. The number of alkyl halides is 3. The summed E-state index contributed by atoms with van der Waals surface area (Å²) in [5, 5.41) is 2.60. The van der Waals surface area contributed by atoms with E-state index in [-0.39, 0.29) is 17.2 Å². The fourth-order valence-electron chi connectivity index (χ4n) is 2.43. The number of sulfonamides is 1. The van der Waals surface area contributed by atoms with Gasteiger partial charge in [-0.15, -0.1) is 0 Å². The average molecular weight is 446 g/mol. The quantitative estimate of drug-likeness (QED) is 0.616. The lowest BCUT2D eigenvalue weighted by Crippen LogP contribution is -2.33. The molecular formula is C19H21F3N2O5S. The molecule has 0 heterocycles. The van der Waals surface area contributed by atoms with Gasteiger partial charge in [0.25, 0.3) is 5.91 Å². The van der Waals surface area contributed by atoms with E-state index in [9.17, 15) is 26.4 Å². The van der Waals surface area contributed by atoms with Crippen LogP contribution in [0.25, 0.3) is 0 Å².